The molecule has 0 saturated heterocycles. The molecular formula is C25H20N4O. The lowest BCUT2D eigenvalue weighted by Crippen LogP contribution is -2.33. The number of aromatic nitrogens is 3. The van der Waals surface area contributed by atoms with E-state index in [4.69, 9.17) is 4.98 Å². The molecule has 0 radical (unpaired) electrons. The predicted molar refractivity (Wildman–Crippen MR) is 116 cm³/mol. The fraction of sp³-hybridized carbons (Fsp3) is 0.160. The lowest BCUT2D eigenvalue weighted by molar-refractivity contribution is -0.116. The zero-order valence-electron chi connectivity index (χ0n) is 16.3. The van der Waals surface area contributed by atoms with Gasteiger partial charge < -0.3 is 5.32 Å². The van der Waals surface area contributed by atoms with E-state index in [-0.39, 0.29) is 17.7 Å². The summed E-state index contributed by atoms with van der Waals surface area (Å²) >= 11 is 0. The van der Waals surface area contributed by atoms with Gasteiger partial charge in [-0.2, -0.15) is 0 Å². The molecule has 2 aromatic carbocycles. The van der Waals surface area contributed by atoms with E-state index < -0.39 is 0 Å². The number of nitrogens with one attached hydrogen (secondary N) is 1. The summed E-state index contributed by atoms with van der Waals surface area (Å²) in [6, 6.07) is 22.2. The molecule has 1 N–H and O–H groups in total. The molecule has 0 amide bonds. The third-order valence-corrected chi connectivity index (χ3v) is 6.19. The predicted octanol–water partition coefficient (Wildman–Crippen LogP) is 4.85. The Kier molecular flexibility index (Phi) is 3.81. The van der Waals surface area contributed by atoms with Crippen molar-refractivity contribution >= 4 is 22.8 Å². The number of ketones is 1. The largest absolute Gasteiger partial charge is 0.329 e. The number of anilines is 1. The van der Waals surface area contributed by atoms with Gasteiger partial charge in [-0.1, -0.05) is 42.5 Å². The Labute approximate surface area is 174 Å². The van der Waals surface area contributed by atoms with Gasteiger partial charge in [-0.25, -0.2) is 4.98 Å². The lowest BCUT2D eigenvalue weighted by atomic mass is 9.78. The first-order chi connectivity index (χ1) is 14.8. The molecule has 0 fully saturated rings. The van der Waals surface area contributed by atoms with Crippen LogP contribution in [0.3, 0.4) is 0 Å². The van der Waals surface area contributed by atoms with E-state index in [1.165, 1.54) is 5.56 Å². The highest BCUT2D eigenvalue weighted by Crippen LogP contribution is 2.45. The second-order valence-electron chi connectivity index (χ2n) is 7.93. The van der Waals surface area contributed by atoms with Crippen LogP contribution in [0, 0.1) is 0 Å². The van der Waals surface area contributed by atoms with E-state index in [0.717, 1.165) is 40.2 Å². The molecule has 146 valence electrons. The molecule has 2 aromatic heterocycles. The molecule has 0 unspecified atom stereocenters. The molecule has 2 aliphatic rings. The van der Waals surface area contributed by atoms with E-state index in [2.05, 4.69) is 33.1 Å². The van der Waals surface area contributed by atoms with E-state index >= 15 is 0 Å². The summed E-state index contributed by atoms with van der Waals surface area (Å²) in [5, 5.41) is 3.51. The number of nitrogens with zero attached hydrogens (tertiary/aromatic N) is 3. The van der Waals surface area contributed by atoms with Crippen LogP contribution in [-0.2, 0) is 4.79 Å². The van der Waals surface area contributed by atoms with Crippen LogP contribution in [0.15, 0.2) is 90.4 Å². The molecule has 6 rings (SSSR count). The average Bonchev–Trinajstić information content (AvgIpc) is 3.17. The fourth-order valence-electron chi connectivity index (χ4n) is 4.85. The van der Waals surface area contributed by atoms with Crippen LogP contribution in [0.4, 0.5) is 5.95 Å². The summed E-state index contributed by atoms with van der Waals surface area (Å²) in [6.45, 7) is 0. The highest BCUT2D eigenvalue weighted by Gasteiger charge is 2.39. The third-order valence-electron chi connectivity index (χ3n) is 6.19. The van der Waals surface area contributed by atoms with Gasteiger partial charge in [-0.15, -0.1) is 0 Å². The number of hydrogen-bond donors (Lipinski definition) is 1. The van der Waals surface area contributed by atoms with Crippen molar-refractivity contribution in [2.45, 2.75) is 24.8 Å². The van der Waals surface area contributed by atoms with Crippen LogP contribution in [-0.4, -0.2) is 20.3 Å². The van der Waals surface area contributed by atoms with Crippen molar-refractivity contribution in [1.82, 2.24) is 14.5 Å². The van der Waals surface area contributed by atoms with Crippen molar-refractivity contribution in [3.05, 3.63) is 102 Å². The summed E-state index contributed by atoms with van der Waals surface area (Å²) in [4.78, 5) is 22.5. The molecule has 1 aliphatic heterocycles. The van der Waals surface area contributed by atoms with E-state index in [1.54, 1.807) is 12.4 Å². The Hall–Kier alpha value is -3.73. The molecule has 30 heavy (non-hydrogen) atoms. The number of para-hydroxylation sites is 2. The highest BCUT2D eigenvalue weighted by molar-refractivity contribution is 6.01. The first-order valence-corrected chi connectivity index (χ1v) is 10.2. The van der Waals surface area contributed by atoms with Crippen LogP contribution in [0.25, 0.3) is 11.0 Å². The highest BCUT2D eigenvalue weighted by atomic mass is 16.1. The van der Waals surface area contributed by atoms with Crippen molar-refractivity contribution in [2.24, 2.45) is 0 Å². The number of fused-ring (bicyclic) bond motifs is 3. The Balaban J connectivity index is 1.54. The number of carbonyl (C=O) groups excluding carboxylic acids is 1. The summed E-state index contributed by atoms with van der Waals surface area (Å²) in [5.41, 5.74) is 6.04. The number of rotatable bonds is 2. The fourth-order valence-corrected chi connectivity index (χ4v) is 4.85. The average molecular weight is 392 g/mol. The minimum Gasteiger partial charge on any atom is -0.329 e. The minimum atomic E-state index is -0.198. The van der Waals surface area contributed by atoms with Crippen molar-refractivity contribution in [3.8, 4) is 0 Å². The SMILES string of the molecule is O=C1C[C@H](c2ccccc2)CC2=C1[C@H](c1ccncc1)n1c(nc3ccccc31)N2. The van der Waals surface area contributed by atoms with Crippen LogP contribution in [0.2, 0.25) is 0 Å². The minimum absolute atomic E-state index is 0.180. The molecule has 2 atom stereocenters. The summed E-state index contributed by atoms with van der Waals surface area (Å²) in [7, 11) is 0. The number of pyridine rings is 1. The van der Waals surface area contributed by atoms with Crippen molar-refractivity contribution in [3.63, 3.8) is 0 Å². The molecule has 5 heteroatoms. The van der Waals surface area contributed by atoms with Crippen LogP contribution in [0.1, 0.15) is 35.9 Å². The summed E-state index contributed by atoms with van der Waals surface area (Å²) in [6.07, 6.45) is 4.90. The van der Waals surface area contributed by atoms with Gasteiger partial charge in [-0.3, -0.25) is 14.3 Å². The van der Waals surface area contributed by atoms with Gasteiger partial charge in [0.2, 0.25) is 5.95 Å². The van der Waals surface area contributed by atoms with Crippen molar-refractivity contribution < 1.29 is 4.79 Å². The third kappa shape index (κ3) is 2.59. The maximum atomic E-state index is 13.5. The first kappa shape index (κ1) is 17.2. The molecule has 0 spiro atoms. The quantitative estimate of drug-likeness (QED) is 0.530. The van der Waals surface area contributed by atoms with Crippen molar-refractivity contribution in [1.29, 1.82) is 0 Å². The van der Waals surface area contributed by atoms with Crippen LogP contribution < -0.4 is 5.32 Å². The molecule has 0 saturated carbocycles. The molecule has 1 aliphatic carbocycles. The molecule has 5 nitrogen and oxygen atoms in total. The summed E-state index contributed by atoms with van der Waals surface area (Å²) < 4.78 is 2.16. The Morgan fingerprint density at radius 3 is 2.47 bits per heavy atom. The van der Waals surface area contributed by atoms with Crippen LogP contribution >= 0.6 is 0 Å². The van der Waals surface area contributed by atoms with Gasteiger partial charge in [0, 0.05) is 30.1 Å². The summed E-state index contributed by atoms with van der Waals surface area (Å²) in [5.74, 6) is 1.17. The Bertz CT molecular complexity index is 1290. The monoisotopic (exact) mass is 392 g/mol. The van der Waals surface area contributed by atoms with Crippen molar-refractivity contribution in [2.75, 3.05) is 5.32 Å². The maximum Gasteiger partial charge on any atom is 0.209 e. The lowest BCUT2D eigenvalue weighted by Gasteiger charge is -2.36. The maximum absolute atomic E-state index is 13.5. The normalized spacial score (nSPS) is 20.6. The van der Waals surface area contributed by atoms with Gasteiger partial charge in [0.1, 0.15) is 0 Å². The van der Waals surface area contributed by atoms with E-state index in [1.807, 2.05) is 48.5 Å². The van der Waals surface area contributed by atoms with Crippen LogP contribution in [0.5, 0.6) is 0 Å². The number of hydrogen-bond acceptors (Lipinski definition) is 4. The zero-order valence-corrected chi connectivity index (χ0v) is 16.3. The second kappa shape index (κ2) is 6.66. The number of carbonyl (C=O) groups is 1. The second-order valence-corrected chi connectivity index (χ2v) is 7.93. The van der Waals surface area contributed by atoms with E-state index in [0.29, 0.717) is 6.42 Å². The van der Waals surface area contributed by atoms with Gasteiger partial charge >= 0.3 is 0 Å². The number of benzene rings is 2. The molecule has 0 bridgehead atoms. The Morgan fingerprint density at radius 1 is 0.867 bits per heavy atom. The van der Waals surface area contributed by atoms with Gasteiger partial charge in [-0.05, 0) is 47.7 Å². The number of Topliss-reactive ketones (excluding diaryl/α,β-unsaturated/α-hetero) is 1. The number of imidazole rings is 1. The number of allylic oxidation sites excluding steroid dienone is 2. The molecular weight excluding hydrogens is 372 g/mol. The topological polar surface area (TPSA) is 59.8 Å². The zero-order chi connectivity index (χ0) is 20.1. The smallest absolute Gasteiger partial charge is 0.209 e. The van der Waals surface area contributed by atoms with Gasteiger partial charge in [0.25, 0.3) is 0 Å². The standard InChI is InChI=1S/C25H20N4O/c30-22-15-18(16-6-2-1-3-7-16)14-20-23(22)24(17-10-12-26-13-11-17)29-21-9-5-4-8-19(21)27-25(29)28-20/h1-13,18,24H,14-15H2,(H,27,28)/t18-,24+/m1/s1. The van der Waals surface area contributed by atoms with Gasteiger partial charge in [0.05, 0.1) is 17.1 Å². The Morgan fingerprint density at radius 2 is 1.63 bits per heavy atom. The molecule has 3 heterocycles. The van der Waals surface area contributed by atoms with Gasteiger partial charge in [0.15, 0.2) is 5.78 Å². The van der Waals surface area contributed by atoms with E-state index in [9.17, 15) is 4.79 Å². The molecule has 4 aromatic rings. The first-order valence-electron chi connectivity index (χ1n) is 10.2.